The minimum Gasteiger partial charge on any atom is -0.494 e. The summed E-state index contributed by atoms with van der Waals surface area (Å²) in [6.45, 7) is 2.61. The van der Waals surface area contributed by atoms with Crippen LogP contribution in [0.1, 0.15) is 12.6 Å². The fraction of sp³-hybridized carbons (Fsp3) is 0.143. The van der Waals surface area contributed by atoms with Crippen LogP contribution in [0.25, 0.3) is 11.1 Å². The Labute approximate surface area is 100 Å². The highest BCUT2D eigenvalue weighted by atomic mass is 16.5. The number of ether oxygens (including phenoxy) is 1. The van der Waals surface area contributed by atoms with Crippen LogP contribution in [0.15, 0.2) is 42.6 Å². The molecule has 0 atom stereocenters. The number of nitriles is 1. The number of rotatable bonds is 3. The molecule has 1 heterocycles. The van der Waals surface area contributed by atoms with Crippen LogP contribution in [0.2, 0.25) is 0 Å². The summed E-state index contributed by atoms with van der Waals surface area (Å²) in [6, 6.07) is 13.5. The lowest BCUT2D eigenvalue weighted by Gasteiger charge is -2.05. The molecule has 0 N–H and O–H groups in total. The highest BCUT2D eigenvalue weighted by Gasteiger charge is 2.00. The van der Waals surface area contributed by atoms with Crippen molar-refractivity contribution in [2.75, 3.05) is 6.61 Å². The second-order valence-corrected chi connectivity index (χ2v) is 3.50. The molecule has 17 heavy (non-hydrogen) atoms. The van der Waals surface area contributed by atoms with Gasteiger partial charge < -0.3 is 4.74 Å². The highest BCUT2D eigenvalue weighted by molar-refractivity contribution is 5.64. The Morgan fingerprint density at radius 2 is 1.94 bits per heavy atom. The second kappa shape index (κ2) is 5.13. The van der Waals surface area contributed by atoms with E-state index < -0.39 is 0 Å². The van der Waals surface area contributed by atoms with Crippen molar-refractivity contribution in [1.82, 2.24) is 4.98 Å². The van der Waals surface area contributed by atoms with Gasteiger partial charge >= 0.3 is 0 Å². The summed E-state index contributed by atoms with van der Waals surface area (Å²) in [5, 5.41) is 8.79. The molecule has 0 aliphatic rings. The normalized spacial score (nSPS) is 9.65. The molecular formula is C14H12N2O. The van der Waals surface area contributed by atoms with Gasteiger partial charge in [0.1, 0.15) is 17.5 Å². The summed E-state index contributed by atoms with van der Waals surface area (Å²) in [6.07, 6.45) is 1.64. The molecule has 2 rings (SSSR count). The summed E-state index contributed by atoms with van der Waals surface area (Å²) in [5.41, 5.74) is 2.46. The third kappa shape index (κ3) is 2.61. The molecule has 1 aromatic carbocycles. The average Bonchev–Trinajstić information content (AvgIpc) is 2.40. The first-order valence-electron chi connectivity index (χ1n) is 5.43. The number of hydrogen-bond donors (Lipinski definition) is 0. The largest absolute Gasteiger partial charge is 0.494 e. The number of aromatic nitrogens is 1. The van der Waals surface area contributed by atoms with Crippen molar-refractivity contribution < 1.29 is 4.74 Å². The third-order valence-corrected chi connectivity index (χ3v) is 2.37. The van der Waals surface area contributed by atoms with Crippen LogP contribution in [-0.4, -0.2) is 11.6 Å². The maximum absolute atomic E-state index is 8.79. The van der Waals surface area contributed by atoms with Gasteiger partial charge in [-0.05, 0) is 42.3 Å². The van der Waals surface area contributed by atoms with Crippen LogP contribution in [-0.2, 0) is 0 Å². The van der Waals surface area contributed by atoms with E-state index >= 15 is 0 Å². The quantitative estimate of drug-likeness (QED) is 0.805. The van der Waals surface area contributed by atoms with Gasteiger partial charge in [-0.3, -0.25) is 0 Å². The Balaban J connectivity index is 2.30. The van der Waals surface area contributed by atoms with Gasteiger partial charge in [0.2, 0.25) is 0 Å². The van der Waals surface area contributed by atoms with Gasteiger partial charge in [-0.1, -0.05) is 12.1 Å². The number of nitrogens with zero attached hydrogens (tertiary/aromatic N) is 2. The van der Waals surface area contributed by atoms with E-state index in [1.54, 1.807) is 12.3 Å². The minimum absolute atomic E-state index is 0.427. The van der Waals surface area contributed by atoms with Crippen LogP contribution in [0.5, 0.6) is 5.75 Å². The topological polar surface area (TPSA) is 45.9 Å². The average molecular weight is 224 g/mol. The lowest BCUT2D eigenvalue weighted by Crippen LogP contribution is -1.90. The Bertz CT molecular complexity index is 541. The Kier molecular flexibility index (Phi) is 3.37. The molecule has 0 saturated heterocycles. The molecule has 0 radical (unpaired) electrons. The molecule has 0 spiro atoms. The van der Waals surface area contributed by atoms with Crippen molar-refractivity contribution in [2.24, 2.45) is 0 Å². The van der Waals surface area contributed by atoms with E-state index in [0.29, 0.717) is 12.3 Å². The Morgan fingerprint density at radius 3 is 2.59 bits per heavy atom. The SMILES string of the molecule is CCOc1ccc(-c2ccnc(C#N)c2)cc1. The maximum Gasteiger partial charge on any atom is 0.141 e. The second-order valence-electron chi connectivity index (χ2n) is 3.50. The number of hydrogen-bond acceptors (Lipinski definition) is 3. The van der Waals surface area contributed by atoms with Gasteiger partial charge in [-0.15, -0.1) is 0 Å². The Hall–Kier alpha value is -2.34. The van der Waals surface area contributed by atoms with Crippen molar-refractivity contribution in [3.8, 4) is 22.9 Å². The molecule has 84 valence electrons. The summed E-state index contributed by atoms with van der Waals surface area (Å²) in [5.74, 6) is 0.853. The zero-order valence-electron chi connectivity index (χ0n) is 9.55. The first kappa shape index (κ1) is 11.2. The molecule has 3 nitrogen and oxygen atoms in total. The molecule has 0 bridgehead atoms. The van der Waals surface area contributed by atoms with Gasteiger partial charge in [0, 0.05) is 6.20 Å². The third-order valence-electron chi connectivity index (χ3n) is 2.37. The predicted octanol–water partition coefficient (Wildman–Crippen LogP) is 3.02. The molecular weight excluding hydrogens is 212 g/mol. The van der Waals surface area contributed by atoms with Crippen LogP contribution in [0, 0.1) is 11.3 Å². The lowest BCUT2D eigenvalue weighted by molar-refractivity contribution is 0.340. The van der Waals surface area contributed by atoms with Gasteiger partial charge in [0.25, 0.3) is 0 Å². The fourth-order valence-electron chi connectivity index (χ4n) is 1.58. The zero-order valence-corrected chi connectivity index (χ0v) is 9.55. The molecule has 3 heteroatoms. The molecule has 0 unspecified atom stereocenters. The zero-order chi connectivity index (χ0) is 12.1. The smallest absolute Gasteiger partial charge is 0.141 e. The molecule has 0 saturated carbocycles. The van der Waals surface area contributed by atoms with E-state index in [1.165, 1.54) is 0 Å². The highest BCUT2D eigenvalue weighted by Crippen LogP contribution is 2.22. The molecule has 0 aliphatic carbocycles. The van der Waals surface area contributed by atoms with E-state index in [0.717, 1.165) is 16.9 Å². The minimum atomic E-state index is 0.427. The first-order chi connectivity index (χ1) is 8.33. The van der Waals surface area contributed by atoms with Crippen molar-refractivity contribution in [3.05, 3.63) is 48.3 Å². The number of benzene rings is 1. The van der Waals surface area contributed by atoms with Gasteiger partial charge in [0.05, 0.1) is 6.61 Å². The summed E-state index contributed by atoms with van der Waals surface area (Å²) in [7, 11) is 0. The summed E-state index contributed by atoms with van der Waals surface area (Å²) < 4.78 is 5.38. The van der Waals surface area contributed by atoms with Crippen LogP contribution in [0.4, 0.5) is 0 Å². The van der Waals surface area contributed by atoms with Crippen molar-refractivity contribution in [3.63, 3.8) is 0 Å². The summed E-state index contributed by atoms with van der Waals surface area (Å²) >= 11 is 0. The van der Waals surface area contributed by atoms with E-state index in [2.05, 4.69) is 4.98 Å². The van der Waals surface area contributed by atoms with Gasteiger partial charge in [-0.2, -0.15) is 5.26 Å². The van der Waals surface area contributed by atoms with E-state index in [-0.39, 0.29) is 0 Å². The van der Waals surface area contributed by atoms with Crippen LogP contribution < -0.4 is 4.74 Å². The molecule has 0 amide bonds. The van der Waals surface area contributed by atoms with Gasteiger partial charge in [0.15, 0.2) is 0 Å². The van der Waals surface area contributed by atoms with Crippen molar-refractivity contribution >= 4 is 0 Å². The number of pyridine rings is 1. The van der Waals surface area contributed by atoms with Crippen molar-refractivity contribution in [1.29, 1.82) is 5.26 Å². The first-order valence-corrected chi connectivity index (χ1v) is 5.43. The standard InChI is InChI=1S/C14H12N2O/c1-2-17-14-5-3-11(4-6-14)12-7-8-16-13(9-12)10-15/h3-9H,2H2,1H3. The molecule has 0 fully saturated rings. The van der Waals surface area contributed by atoms with Crippen LogP contribution >= 0.6 is 0 Å². The maximum atomic E-state index is 8.79. The van der Waals surface area contributed by atoms with Gasteiger partial charge in [-0.25, -0.2) is 4.98 Å². The monoisotopic (exact) mass is 224 g/mol. The molecule has 1 aromatic heterocycles. The van der Waals surface area contributed by atoms with E-state index in [9.17, 15) is 0 Å². The van der Waals surface area contributed by atoms with E-state index in [4.69, 9.17) is 10.00 Å². The predicted molar refractivity (Wildman–Crippen MR) is 65.6 cm³/mol. The summed E-state index contributed by atoms with van der Waals surface area (Å²) in [4.78, 5) is 3.94. The fourth-order valence-corrected chi connectivity index (χ4v) is 1.58. The molecule has 2 aromatic rings. The lowest BCUT2D eigenvalue weighted by atomic mass is 10.1. The van der Waals surface area contributed by atoms with E-state index in [1.807, 2.05) is 43.3 Å². The van der Waals surface area contributed by atoms with Crippen molar-refractivity contribution in [2.45, 2.75) is 6.92 Å². The Morgan fingerprint density at radius 1 is 1.18 bits per heavy atom. The van der Waals surface area contributed by atoms with Crippen LogP contribution in [0.3, 0.4) is 0 Å². The molecule has 0 aliphatic heterocycles.